The van der Waals surface area contributed by atoms with Gasteiger partial charge in [-0.05, 0) is 43.4 Å². The van der Waals surface area contributed by atoms with Crippen LogP contribution < -0.4 is 5.56 Å². The number of hydrogen-bond acceptors (Lipinski definition) is 3. The van der Waals surface area contributed by atoms with E-state index in [0.29, 0.717) is 12.7 Å². The molecule has 1 atom stereocenters. The van der Waals surface area contributed by atoms with Crippen molar-refractivity contribution in [2.24, 2.45) is 0 Å². The molecule has 0 amide bonds. The molecular formula is C17H19Cl2N3O. The SMILES string of the molecule is Cc1ccc([C@H]2CCCN2Cn2ncc(Cl)c(Cl)c2=O)cc1C. The molecule has 0 radical (unpaired) electrons. The first-order valence-electron chi connectivity index (χ1n) is 7.69. The van der Waals surface area contributed by atoms with Crippen molar-refractivity contribution in [3.8, 4) is 0 Å². The second-order valence-corrected chi connectivity index (χ2v) is 6.85. The van der Waals surface area contributed by atoms with E-state index in [9.17, 15) is 4.79 Å². The van der Waals surface area contributed by atoms with Gasteiger partial charge < -0.3 is 0 Å². The fourth-order valence-electron chi connectivity index (χ4n) is 3.06. The third-order valence-electron chi connectivity index (χ3n) is 4.54. The van der Waals surface area contributed by atoms with Gasteiger partial charge in [0, 0.05) is 12.6 Å². The highest BCUT2D eigenvalue weighted by atomic mass is 35.5. The van der Waals surface area contributed by atoms with Crippen molar-refractivity contribution in [1.82, 2.24) is 14.7 Å². The molecule has 1 aliphatic heterocycles. The van der Waals surface area contributed by atoms with E-state index in [-0.39, 0.29) is 15.6 Å². The van der Waals surface area contributed by atoms with E-state index in [2.05, 4.69) is 42.0 Å². The Morgan fingerprint density at radius 2 is 2.04 bits per heavy atom. The summed E-state index contributed by atoms with van der Waals surface area (Å²) in [7, 11) is 0. The van der Waals surface area contributed by atoms with E-state index in [1.807, 2.05) is 0 Å². The maximum absolute atomic E-state index is 12.2. The van der Waals surface area contributed by atoms with Crippen LogP contribution in [0.4, 0.5) is 0 Å². The highest BCUT2D eigenvalue weighted by Gasteiger charge is 2.27. The summed E-state index contributed by atoms with van der Waals surface area (Å²) in [5.41, 5.74) is 3.53. The molecule has 6 heteroatoms. The summed E-state index contributed by atoms with van der Waals surface area (Å²) in [5, 5.41) is 4.33. The van der Waals surface area contributed by atoms with E-state index in [1.165, 1.54) is 27.6 Å². The first-order chi connectivity index (χ1) is 11.0. The average molecular weight is 352 g/mol. The summed E-state index contributed by atoms with van der Waals surface area (Å²) in [6.45, 7) is 5.60. The Hall–Kier alpha value is -1.36. The summed E-state index contributed by atoms with van der Waals surface area (Å²) in [4.78, 5) is 14.4. The van der Waals surface area contributed by atoms with Crippen LogP contribution in [-0.4, -0.2) is 21.2 Å². The molecule has 0 bridgehead atoms. The van der Waals surface area contributed by atoms with Gasteiger partial charge in [-0.3, -0.25) is 9.69 Å². The lowest BCUT2D eigenvalue weighted by Crippen LogP contribution is -2.33. The summed E-state index contributed by atoms with van der Waals surface area (Å²) in [6.07, 6.45) is 3.61. The molecule has 0 N–H and O–H groups in total. The first-order valence-corrected chi connectivity index (χ1v) is 8.45. The zero-order valence-corrected chi connectivity index (χ0v) is 14.7. The third kappa shape index (κ3) is 3.30. The predicted octanol–water partition coefficient (Wildman–Crippen LogP) is 3.96. The van der Waals surface area contributed by atoms with Gasteiger partial charge in [-0.15, -0.1) is 0 Å². The number of aryl methyl sites for hydroxylation is 2. The molecule has 1 saturated heterocycles. The van der Waals surface area contributed by atoms with Crippen LogP contribution in [0, 0.1) is 13.8 Å². The third-order valence-corrected chi connectivity index (χ3v) is 5.29. The normalized spacial score (nSPS) is 18.5. The van der Waals surface area contributed by atoms with Gasteiger partial charge in [0.15, 0.2) is 0 Å². The molecule has 1 aliphatic rings. The van der Waals surface area contributed by atoms with Crippen LogP contribution in [0.25, 0.3) is 0 Å². The summed E-state index contributed by atoms with van der Waals surface area (Å²) in [6, 6.07) is 6.88. The monoisotopic (exact) mass is 351 g/mol. The van der Waals surface area contributed by atoms with Gasteiger partial charge in [0.25, 0.3) is 5.56 Å². The minimum atomic E-state index is -0.343. The molecule has 0 spiro atoms. The van der Waals surface area contributed by atoms with E-state index in [0.717, 1.165) is 19.4 Å². The van der Waals surface area contributed by atoms with Crippen molar-refractivity contribution in [3.05, 3.63) is 61.5 Å². The molecule has 3 rings (SSSR count). The Bertz CT molecular complexity index is 788. The Balaban J connectivity index is 1.86. The number of likely N-dealkylation sites (tertiary alicyclic amines) is 1. The van der Waals surface area contributed by atoms with Gasteiger partial charge in [-0.2, -0.15) is 5.10 Å². The molecule has 23 heavy (non-hydrogen) atoms. The number of hydrogen-bond donors (Lipinski definition) is 0. The van der Waals surface area contributed by atoms with Gasteiger partial charge in [-0.25, -0.2) is 4.68 Å². The van der Waals surface area contributed by atoms with E-state index < -0.39 is 0 Å². The van der Waals surface area contributed by atoms with E-state index in [1.54, 1.807) is 0 Å². The van der Waals surface area contributed by atoms with Crippen LogP contribution in [0.5, 0.6) is 0 Å². The molecule has 122 valence electrons. The van der Waals surface area contributed by atoms with E-state index >= 15 is 0 Å². The van der Waals surface area contributed by atoms with Crippen molar-refractivity contribution in [2.75, 3.05) is 6.54 Å². The molecule has 1 fully saturated rings. The smallest absolute Gasteiger partial charge is 0.277 e. The molecule has 1 aromatic heterocycles. The van der Waals surface area contributed by atoms with Crippen LogP contribution in [-0.2, 0) is 6.67 Å². The van der Waals surface area contributed by atoms with Crippen LogP contribution in [0.2, 0.25) is 10.0 Å². The Kier molecular flexibility index (Phi) is 4.76. The number of rotatable bonds is 3. The molecule has 1 aromatic carbocycles. The van der Waals surface area contributed by atoms with Crippen molar-refractivity contribution in [3.63, 3.8) is 0 Å². The van der Waals surface area contributed by atoms with Gasteiger partial charge in [0.05, 0.1) is 17.9 Å². The van der Waals surface area contributed by atoms with Gasteiger partial charge >= 0.3 is 0 Å². The van der Waals surface area contributed by atoms with Crippen LogP contribution >= 0.6 is 23.2 Å². The van der Waals surface area contributed by atoms with E-state index in [4.69, 9.17) is 23.2 Å². The highest BCUT2D eigenvalue weighted by molar-refractivity contribution is 6.41. The Labute approximate surface area is 145 Å². The quantitative estimate of drug-likeness (QED) is 0.839. The Morgan fingerprint density at radius 3 is 2.78 bits per heavy atom. The molecule has 0 aliphatic carbocycles. The summed E-state index contributed by atoms with van der Waals surface area (Å²) >= 11 is 11.8. The van der Waals surface area contributed by atoms with Crippen LogP contribution in [0.1, 0.15) is 35.6 Å². The molecule has 0 unspecified atom stereocenters. The fourth-order valence-corrected chi connectivity index (χ4v) is 3.33. The molecular weight excluding hydrogens is 333 g/mol. The first kappa shape index (κ1) is 16.5. The average Bonchev–Trinajstić information content (AvgIpc) is 2.99. The topological polar surface area (TPSA) is 38.1 Å². The number of halogens is 2. The standard InChI is InChI=1S/C17H19Cl2N3O/c1-11-5-6-13(8-12(11)2)15-4-3-7-21(15)10-22-17(23)16(19)14(18)9-20-22/h5-6,8-9,15H,3-4,7,10H2,1-2H3/t15-/m1/s1. The van der Waals surface area contributed by atoms with Crippen LogP contribution in [0.3, 0.4) is 0 Å². The Morgan fingerprint density at radius 1 is 1.26 bits per heavy atom. The van der Waals surface area contributed by atoms with Crippen molar-refractivity contribution >= 4 is 23.2 Å². The fraction of sp³-hybridized carbons (Fsp3) is 0.412. The molecule has 0 saturated carbocycles. The summed E-state index contributed by atoms with van der Waals surface area (Å²) in [5.74, 6) is 0. The van der Waals surface area contributed by atoms with Gasteiger partial charge in [0.1, 0.15) is 5.02 Å². The minimum absolute atomic E-state index is 0.0311. The minimum Gasteiger partial charge on any atom is -0.277 e. The van der Waals surface area contributed by atoms with Crippen molar-refractivity contribution in [2.45, 2.75) is 39.4 Å². The lowest BCUT2D eigenvalue weighted by atomic mass is 9.99. The lowest BCUT2D eigenvalue weighted by Gasteiger charge is -2.25. The molecule has 2 heterocycles. The largest absolute Gasteiger partial charge is 0.288 e. The number of nitrogens with zero attached hydrogens (tertiary/aromatic N) is 3. The molecule has 2 aromatic rings. The maximum atomic E-state index is 12.2. The maximum Gasteiger partial charge on any atom is 0.288 e. The second kappa shape index (κ2) is 6.63. The summed E-state index contributed by atoms with van der Waals surface area (Å²) < 4.78 is 1.38. The zero-order valence-electron chi connectivity index (χ0n) is 13.2. The second-order valence-electron chi connectivity index (χ2n) is 6.07. The lowest BCUT2D eigenvalue weighted by molar-refractivity contribution is 0.187. The van der Waals surface area contributed by atoms with Crippen LogP contribution in [0.15, 0.2) is 29.2 Å². The van der Waals surface area contributed by atoms with Gasteiger partial charge in [0.2, 0.25) is 0 Å². The molecule has 4 nitrogen and oxygen atoms in total. The van der Waals surface area contributed by atoms with Crippen molar-refractivity contribution < 1.29 is 0 Å². The number of aromatic nitrogens is 2. The van der Waals surface area contributed by atoms with Crippen molar-refractivity contribution in [1.29, 1.82) is 0 Å². The highest BCUT2D eigenvalue weighted by Crippen LogP contribution is 2.33. The van der Waals surface area contributed by atoms with Gasteiger partial charge in [-0.1, -0.05) is 41.4 Å². The zero-order chi connectivity index (χ0) is 16.6. The number of benzene rings is 1. The predicted molar refractivity (Wildman–Crippen MR) is 93.1 cm³/mol.